The molecule has 0 radical (unpaired) electrons. The van der Waals surface area contributed by atoms with Crippen molar-refractivity contribution in [2.24, 2.45) is 0 Å². The molecule has 0 atom stereocenters. The average molecular weight is 447 g/mol. The van der Waals surface area contributed by atoms with Gasteiger partial charge in [-0.05, 0) is 35.4 Å². The van der Waals surface area contributed by atoms with E-state index in [9.17, 15) is 9.59 Å². The molecule has 1 aromatic heterocycles. The van der Waals surface area contributed by atoms with Gasteiger partial charge in [0.25, 0.3) is 0 Å². The fraction of sp³-hybridized carbons (Fsp3) is 0.0800. The molecule has 1 heterocycles. The third kappa shape index (κ3) is 3.88. The van der Waals surface area contributed by atoms with Gasteiger partial charge in [0.2, 0.25) is 0 Å². The van der Waals surface area contributed by atoms with Crippen molar-refractivity contribution in [3.05, 3.63) is 95.1 Å². The number of aromatic nitrogens is 2. The average Bonchev–Trinajstić information content (AvgIpc) is 3.24. The first-order valence-electron chi connectivity index (χ1n) is 9.75. The lowest BCUT2D eigenvalue weighted by Crippen LogP contribution is -2.15. The number of benzene rings is 3. The van der Waals surface area contributed by atoms with Gasteiger partial charge in [-0.3, -0.25) is 0 Å². The summed E-state index contributed by atoms with van der Waals surface area (Å²) >= 11 is 6.21. The summed E-state index contributed by atoms with van der Waals surface area (Å²) in [6.45, 7) is 0. The Bertz CT molecular complexity index is 1300. The molecule has 0 amide bonds. The van der Waals surface area contributed by atoms with E-state index in [4.69, 9.17) is 21.1 Å². The van der Waals surface area contributed by atoms with E-state index in [0.29, 0.717) is 22.0 Å². The molecule has 4 aromatic rings. The molecule has 0 saturated carbocycles. The van der Waals surface area contributed by atoms with E-state index in [1.165, 1.54) is 18.9 Å². The van der Waals surface area contributed by atoms with Crippen molar-refractivity contribution < 1.29 is 19.1 Å². The van der Waals surface area contributed by atoms with Crippen molar-refractivity contribution >= 4 is 23.5 Å². The van der Waals surface area contributed by atoms with Crippen LogP contribution >= 0.6 is 11.6 Å². The van der Waals surface area contributed by atoms with Crippen molar-refractivity contribution in [1.29, 1.82) is 0 Å². The Kier molecular flexibility index (Phi) is 6.05. The number of methoxy groups -OCH3 is 2. The van der Waals surface area contributed by atoms with Crippen LogP contribution in [0.1, 0.15) is 20.8 Å². The van der Waals surface area contributed by atoms with Crippen LogP contribution in [0.25, 0.3) is 28.1 Å². The number of rotatable bonds is 5. The van der Waals surface area contributed by atoms with Gasteiger partial charge in [-0.15, -0.1) is 0 Å². The third-order valence-corrected chi connectivity index (χ3v) is 5.21. The molecule has 0 aliphatic rings. The molecule has 0 spiro atoms. The lowest BCUT2D eigenvalue weighted by Gasteiger charge is -2.10. The second kappa shape index (κ2) is 9.08. The Morgan fingerprint density at radius 1 is 0.812 bits per heavy atom. The quantitative estimate of drug-likeness (QED) is 0.382. The fourth-order valence-corrected chi connectivity index (χ4v) is 3.73. The minimum Gasteiger partial charge on any atom is -0.465 e. The van der Waals surface area contributed by atoms with Crippen LogP contribution < -0.4 is 0 Å². The van der Waals surface area contributed by atoms with Gasteiger partial charge in [0, 0.05) is 10.6 Å². The number of ether oxygens (including phenoxy) is 2. The smallest absolute Gasteiger partial charge is 0.357 e. The summed E-state index contributed by atoms with van der Waals surface area (Å²) in [4.78, 5) is 25.7. The molecule has 7 heteroatoms. The molecule has 3 aromatic carbocycles. The Hall–Kier alpha value is -3.90. The van der Waals surface area contributed by atoms with Gasteiger partial charge in [0.1, 0.15) is 11.3 Å². The minimum absolute atomic E-state index is 0.0125. The van der Waals surface area contributed by atoms with E-state index < -0.39 is 11.9 Å². The van der Waals surface area contributed by atoms with E-state index in [1.807, 2.05) is 60.7 Å². The van der Waals surface area contributed by atoms with Gasteiger partial charge < -0.3 is 9.47 Å². The molecule has 0 unspecified atom stereocenters. The topological polar surface area (TPSA) is 70.4 Å². The number of hydrogen-bond acceptors (Lipinski definition) is 5. The van der Waals surface area contributed by atoms with E-state index in [0.717, 1.165) is 11.1 Å². The Balaban J connectivity index is 2.06. The summed E-state index contributed by atoms with van der Waals surface area (Å²) in [6.07, 6.45) is 0. The molecular weight excluding hydrogens is 428 g/mol. The number of para-hydroxylation sites is 1. The number of halogens is 1. The highest BCUT2D eigenvalue weighted by atomic mass is 35.5. The molecule has 0 N–H and O–H groups in total. The first-order valence-corrected chi connectivity index (χ1v) is 10.1. The minimum atomic E-state index is -0.701. The van der Waals surface area contributed by atoms with E-state index in [1.54, 1.807) is 18.2 Å². The van der Waals surface area contributed by atoms with Crippen LogP contribution in [-0.2, 0) is 9.47 Å². The molecule has 0 aliphatic carbocycles. The molecule has 160 valence electrons. The largest absolute Gasteiger partial charge is 0.465 e. The Labute approximate surface area is 190 Å². The zero-order valence-corrected chi connectivity index (χ0v) is 18.2. The third-order valence-electron chi connectivity index (χ3n) is 4.97. The van der Waals surface area contributed by atoms with Crippen LogP contribution in [0.4, 0.5) is 0 Å². The fourth-order valence-electron chi connectivity index (χ4n) is 3.54. The highest BCUT2D eigenvalue weighted by Gasteiger charge is 2.32. The summed E-state index contributed by atoms with van der Waals surface area (Å²) in [5, 5.41) is 5.26. The van der Waals surface area contributed by atoms with Crippen molar-refractivity contribution in [3.8, 4) is 28.1 Å². The van der Waals surface area contributed by atoms with Crippen LogP contribution in [0, 0.1) is 0 Å². The summed E-state index contributed by atoms with van der Waals surface area (Å²) in [5.74, 6) is -1.39. The predicted molar refractivity (Wildman–Crippen MR) is 122 cm³/mol. The number of carbonyl (C=O) groups excluding carboxylic acids is 2. The first-order chi connectivity index (χ1) is 15.5. The van der Waals surface area contributed by atoms with Gasteiger partial charge in [0.15, 0.2) is 5.69 Å². The van der Waals surface area contributed by atoms with Gasteiger partial charge in [-0.1, -0.05) is 66.2 Å². The Morgan fingerprint density at radius 3 is 2.12 bits per heavy atom. The maximum absolute atomic E-state index is 12.9. The van der Waals surface area contributed by atoms with Crippen molar-refractivity contribution in [2.45, 2.75) is 0 Å². The van der Waals surface area contributed by atoms with Crippen LogP contribution in [0.15, 0.2) is 78.9 Å². The number of nitrogens with zero attached hydrogens (tertiary/aromatic N) is 2. The lowest BCUT2D eigenvalue weighted by atomic mass is 9.95. The SMILES string of the molecule is COC(=O)c1c(-c2ccccc2-c2cccc(Cl)c2)nn(-c2ccccc2)c1C(=O)OC. The summed E-state index contributed by atoms with van der Waals surface area (Å²) in [6, 6.07) is 23.9. The van der Waals surface area contributed by atoms with Crippen LogP contribution in [0.3, 0.4) is 0 Å². The molecule has 0 fully saturated rings. The molecule has 0 bridgehead atoms. The summed E-state index contributed by atoms with van der Waals surface area (Å²) in [5.41, 5.74) is 3.21. The first kappa shape index (κ1) is 21.3. The van der Waals surface area contributed by atoms with Gasteiger partial charge in [-0.25, -0.2) is 14.3 Å². The number of hydrogen-bond donors (Lipinski definition) is 0. The van der Waals surface area contributed by atoms with Crippen molar-refractivity contribution in [1.82, 2.24) is 9.78 Å². The van der Waals surface area contributed by atoms with E-state index in [-0.39, 0.29) is 11.3 Å². The van der Waals surface area contributed by atoms with E-state index >= 15 is 0 Å². The standard InChI is InChI=1S/C25H19ClN2O4/c1-31-24(29)21-22(20-14-7-6-13-19(20)16-9-8-10-17(26)15-16)27-28(23(21)25(30)32-2)18-11-4-3-5-12-18/h3-15H,1-2H3. The second-order valence-corrected chi connectivity index (χ2v) is 7.30. The maximum atomic E-state index is 12.9. The highest BCUT2D eigenvalue weighted by Crippen LogP contribution is 2.36. The zero-order chi connectivity index (χ0) is 22.7. The van der Waals surface area contributed by atoms with Crippen molar-refractivity contribution in [3.63, 3.8) is 0 Å². The van der Waals surface area contributed by atoms with Crippen LogP contribution in [0.2, 0.25) is 5.02 Å². The van der Waals surface area contributed by atoms with Gasteiger partial charge in [0.05, 0.1) is 19.9 Å². The molecule has 4 rings (SSSR count). The zero-order valence-electron chi connectivity index (χ0n) is 17.4. The highest BCUT2D eigenvalue weighted by molar-refractivity contribution is 6.30. The monoisotopic (exact) mass is 446 g/mol. The molecule has 0 aliphatic heterocycles. The summed E-state index contributed by atoms with van der Waals surface area (Å²) < 4.78 is 11.4. The Morgan fingerprint density at radius 2 is 1.47 bits per heavy atom. The summed E-state index contributed by atoms with van der Waals surface area (Å²) in [7, 11) is 2.52. The molecule has 6 nitrogen and oxygen atoms in total. The lowest BCUT2D eigenvalue weighted by molar-refractivity contribution is 0.0549. The molecule has 32 heavy (non-hydrogen) atoms. The van der Waals surface area contributed by atoms with Crippen LogP contribution in [-0.4, -0.2) is 35.9 Å². The number of carbonyl (C=O) groups is 2. The van der Waals surface area contributed by atoms with Crippen molar-refractivity contribution in [2.75, 3.05) is 14.2 Å². The normalized spacial score (nSPS) is 10.6. The maximum Gasteiger partial charge on any atom is 0.357 e. The predicted octanol–water partition coefficient (Wildman–Crippen LogP) is 5.43. The van der Waals surface area contributed by atoms with E-state index in [2.05, 4.69) is 5.10 Å². The second-order valence-electron chi connectivity index (χ2n) is 6.86. The number of esters is 2. The molecule has 0 saturated heterocycles. The van der Waals surface area contributed by atoms with Gasteiger partial charge >= 0.3 is 11.9 Å². The molecular formula is C25H19ClN2O4. The van der Waals surface area contributed by atoms with Crippen LogP contribution in [0.5, 0.6) is 0 Å². The van der Waals surface area contributed by atoms with Gasteiger partial charge in [-0.2, -0.15) is 5.10 Å².